The van der Waals surface area contributed by atoms with Crippen LogP contribution < -0.4 is 4.74 Å². The topological polar surface area (TPSA) is 72.9 Å². The molecule has 9 heteroatoms. The second kappa shape index (κ2) is 8.46. The van der Waals surface area contributed by atoms with Crippen molar-refractivity contribution >= 4 is 27.6 Å². The Balaban J connectivity index is 1.83. The molecule has 1 aliphatic heterocycles. The lowest BCUT2D eigenvalue weighted by atomic mass is 10.2. The van der Waals surface area contributed by atoms with Gasteiger partial charge in [0.05, 0.1) is 17.7 Å². The Labute approximate surface area is 167 Å². The number of esters is 1. The molecular formula is C19H19ClFNO5S. The van der Waals surface area contributed by atoms with E-state index < -0.39 is 21.8 Å². The Morgan fingerprint density at radius 2 is 1.89 bits per heavy atom. The second-order valence-electron chi connectivity index (χ2n) is 6.29. The van der Waals surface area contributed by atoms with Crippen LogP contribution in [0.5, 0.6) is 5.75 Å². The molecule has 1 aliphatic rings. The minimum atomic E-state index is -3.78. The highest BCUT2D eigenvalue weighted by atomic mass is 35.5. The van der Waals surface area contributed by atoms with Crippen molar-refractivity contribution in [2.75, 3.05) is 20.2 Å². The lowest BCUT2D eigenvalue weighted by molar-refractivity contribution is 0.0472. The summed E-state index contributed by atoms with van der Waals surface area (Å²) in [7, 11) is -2.41. The van der Waals surface area contributed by atoms with Gasteiger partial charge in [-0.25, -0.2) is 17.6 Å². The van der Waals surface area contributed by atoms with Gasteiger partial charge in [0.1, 0.15) is 23.1 Å². The molecule has 6 nitrogen and oxygen atoms in total. The van der Waals surface area contributed by atoms with Gasteiger partial charge in [0.25, 0.3) is 0 Å². The average Bonchev–Trinajstić information content (AvgIpc) is 3.22. The summed E-state index contributed by atoms with van der Waals surface area (Å²) in [6.45, 7) is 0.699. The molecule has 0 aromatic heterocycles. The minimum absolute atomic E-state index is 0.0665. The molecular weight excluding hydrogens is 409 g/mol. The number of hydrogen-bond acceptors (Lipinski definition) is 5. The van der Waals surface area contributed by atoms with Crippen LogP contribution >= 0.6 is 11.6 Å². The van der Waals surface area contributed by atoms with E-state index in [4.69, 9.17) is 21.1 Å². The van der Waals surface area contributed by atoms with Gasteiger partial charge in [0, 0.05) is 18.7 Å². The van der Waals surface area contributed by atoms with E-state index >= 15 is 0 Å². The van der Waals surface area contributed by atoms with Crippen molar-refractivity contribution in [1.82, 2.24) is 4.31 Å². The predicted molar refractivity (Wildman–Crippen MR) is 102 cm³/mol. The average molecular weight is 428 g/mol. The maximum absolute atomic E-state index is 13.1. The Hall–Kier alpha value is -2.16. The van der Waals surface area contributed by atoms with Gasteiger partial charge in [-0.15, -0.1) is 0 Å². The molecule has 0 N–H and O–H groups in total. The Kier molecular flexibility index (Phi) is 6.22. The van der Waals surface area contributed by atoms with Crippen molar-refractivity contribution in [3.8, 4) is 5.75 Å². The first kappa shape index (κ1) is 20.6. The number of sulfonamides is 1. The standard InChI is InChI=1S/C19H19ClFNO5S/c1-26-17-7-5-13(10-18(17)28(24,25)22-8-2-3-9-22)19(23)27-12-14-4-6-15(21)11-16(14)20/h4-7,10-11H,2-3,8-9,12H2,1H3. The molecule has 2 aromatic rings. The first-order valence-corrected chi connectivity index (χ1v) is 10.4. The lowest BCUT2D eigenvalue weighted by Gasteiger charge is -2.18. The summed E-state index contributed by atoms with van der Waals surface area (Å²) in [5, 5.41) is 0.139. The number of methoxy groups -OCH3 is 1. The van der Waals surface area contributed by atoms with Crippen molar-refractivity contribution < 1.29 is 27.1 Å². The number of carbonyl (C=O) groups excluding carboxylic acids is 1. The van der Waals surface area contributed by atoms with Gasteiger partial charge in [-0.1, -0.05) is 17.7 Å². The van der Waals surface area contributed by atoms with Gasteiger partial charge in [0.2, 0.25) is 10.0 Å². The molecule has 0 amide bonds. The van der Waals surface area contributed by atoms with E-state index in [1.165, 1.54) is 41.7 Å². The number of carbonyl (C=O) groups is 1. The van der Waals surface area contributed by atoms with E-state index in [1.54, 1.807) is 0 Å². The molecule has 0 aliphatic carbocycles. The molecule has 0 radical (unpaired) electrons. The molecule has 0 spiro atoms. The highest BCUT2D eigenvalue weighted by Crippen LogP contribution is 2.30. The zero-order valence-electron chi connectivity index (χ0n) is 15.2. The van der Waals surface area contributed by atoms with Crippen molar-refractivity contribution in [3.63, 3.8) is 0 Å². The zero-order valence-corrected chi connectivity index (χ0v) is 16.7. The Morgan fingerprint density at radius 3 is 2.54 bits per heavy atom. The summed E-state index contributed by atoms with van der Waals surface area (Å²) in [6, 6.07) is 7.85. The molecule has 1 heterocycles. The molecule has 3 rings (SSSR count). The summed E-state index contributed by atoms with van der Waals surface area (Å²) in [6.07, 6.45) is 1.59. The van der Waals surface area contributed by atoms with Crippen LogP contribution in [0.15, 0.2) is 41.3 Å². The maximum atomic E-state index is 13.1. The van der Waals surface area contributed by atoms with Crippen LogP contribution in [0.2, 0.25) is 5.02 Å². The van der Waals surface area contributed by atoms with Crippen molar-refractivity contribution in [2.24, 2.45) is 0 Å². The highest BCUT2D eigenvalue weighted by Gasteiger charge is 2.30. The fraction of sp³-hybridized carbons (Fsp3) is 0.316. The number of rotatable bonds is 6. The molecule has 0 saturated carbocycles. The molecule has 28 heavy (non-hydrogen) atoms. The fourth-order valence-electron chi connectivity index (χ4n) is 2.94. The Morgan fingerprint density at radius 1 is 1.18 bits per heavy atom. The largest absolute Gasteiger partial charge is 0.495 e. The van der Waals surface area contributed by atoms with Crippen molar-refractivity contribution in [2.45, 2.75) is 24.3 Å². The SMILES string of the molecule is COc1ccc(C(=O)OCc2ccc(F)cc2Cl)cc1S(=O)(=O)N1CCCC1. The molecule has 0 atom stereocenters. The van der Waals surface area contributed by atoms with E-state index in [9.17, 15) is 17.6 Å². The maximum Gasteiger partial charge on any atom is 0.338 e. The van der Waals surface area contributed by atoms with E-state index in [0.29, 0.717) is 18.7 Å². The highest BCUT2D eigenvalue weighted by molar-refractivity contribution is 7.89. The number of halogens is 2. The van der Waals surface area contributed by atoms with Gasteiger partial charge in [-0.05, 0) is 43.2 Å². The smallest absolute Gasteiger partial charge is 0.338 e. The monoisotopic (exact) mass is 427 g/mol. The Bertz CT molecular complexity index is 990. The fourth-order valence-corrected chi connectivity index (χ4v) is 4.86. The van der Waals surface area contributed by atoms with Crippen LogP contribution in [0.1, 0.15) is 28.8 Å². The summed E-state index contributed by atoms with van der Waals surface area (Å²) in [5.74, 6) is -1.06. The molecule has 2 aromatic carbocycles. The third kappa shape index (κ3) is 4.29. The van der Waals surface area contributed by atoms with E-state index in [0.717, 1.165) is 18.9 Å². The molecule has 1 saturated heterocycles. The lowest BCUT2D eigenvalue weighted by Crippen LogP contribution is -2.28. The van der Waals surface area contributed by atoms with Crippen molar-refractivity contribution in [1.29, 1.82) is 0 Å². The van der Waals surface area contributed by atoms with E-state index in [-0.39, 0.29) is 27.8 Å². The second-order valence-corrected chi connectivity index (χ2v) is 8.60. The first-order valence-electron chi connectivity index (χ1n) is 8.62. The van der Waals surface area contributed by atoms with Crippen LogP contribution in [-0.2, 0) is 21.4 Å². The van der Waals surface area contributed by atoms with Crippen LogP contribution in [0.3, 0.4) is 0 Å². The molecule has 0 unspecified atom stereocenters. The van der Waals surface area contributed by atoms with Gasteiger partial charge < -0.3 is 9.47 Å². The number of nitrogens with zero attached hydrogens (tertiary/aromatic N) is 1. The quantitative estimate of drug-likeness (QED) is 0.658. The predicted octanol–water partition coefficient (Wildman–Crippen LogP) is 3.63. The van der Waals surface area contributed by atoms with E-state index in [2.05, 4.69) is 0 Å². The van der Waals surface area contributed by atoms with Gasteiger partial charge in [0.15, 0.2) is 0 Å². The normalized spacial score (nSPS) is 14.8. The minimum Gasteiger partial charge on any atom is -0.495 e. The molecule has 150 valence electrons. The summed E-state index contributed by atoms with van der Waals surface area (Å²) < 4.78 is 50.6. The van der Waals surface area contributed by atoms with E-state index in [1.807, 2.05) is 0 Å². The van der Waals surface area contributed by atoms with Gasteiger partial charge in [-0.2, -0.15) is 4.31 Å². The van der Waals surface area contributed by atoms with Crippen LogP contribution in [0.4, 0.5) is 4.39 Å². The first-order chi connectivity index (χ1) is 13.3. The van der Waals surface area contributed by atoms with Crippen LogP contribution in [0.25, 0.3) is 0 Å². The van der Waals surface area contributed by atoms with Crippen LogP contribution in [-0.4, -0.2) is 38.9 Å². The van der Waals surface area contributed by atoms with Crippen LogP contribution in [0, 0.1) is 5.82 Å². The summed E-state index contributed by atoms with van der Waals surface area (Å²) >= 11 is 5.92. The summed E-state index contributed by atoms with van der Waals surface area (Å²) in [5.41, 5.74) is 0.506. The zero-order chi connectivity index (χ0) is 20.3. The summed E-state index contributed by atoms with van der Waals surface area (Å²) in [4.78, 5) is 12.3. The number of ether oxygens (including phenoxy) is 2. The number of hydrogen-bond donors (Lipinski definition) is 0. The molecule has 1 fully saturated rings. The van der Waals surface area contributed by atoms with Gasteiger partial charge in [-0.3, -0.25) is 0 Å². The van der Waals surface area contributed by atoms with Gasteiger partial charge >= 0.3 is 5.97 Å². The number of benzene rings is 2. The third-order valence-electron chi connectivity index (χ3n) is 4.46. The molecule has 0 bridgehead atoms. The third-order valence-corrected chi connectivity index (χ3v) is 6.73. The van der Waals surface area contributed by atoms with Crippen molar-refractivity contribution in [3.05, 3.63) is 58.4 Å².